The van der Waals surface area contributed by atoms with Gasteiger partial charge >= 0.3 is 0 Å². The van der Waals surface area contributed by atoms with Crippen molar-refractivity contribution in [3.8, 4) is 0 Å². The van der Waals surface area contributed by atoms with Crippen molar-refractivity contribution in [1.82, 2.24) is 9.88 Å². The van der Waals surface area contributed by atoms with Gasteiger partial charge in [0.1, 0.15) is 5.56 Å². The standard InChI is InChI=1S/C12H13BrN2O2/c1-2-5-15(8-3-4-8)12(17)9-6-14-7-10(13)11(9)16/h2,6-8H,1,3-5H2,(H,14,16). The lowest BCUT2D eigenvalue weighted by Gasteiger charge is -2.20. The largest absolute Gasteiger partial charge is 0.366 e. The molecule has 90 valence electrons. The second-order valence-electron chi connectivity index (χ2n) is 4.02. The van der Waals surface area contributed by atoms with Crippen LogP contribution in [0.3, 0.4) is 0 Å². The van der Waals surface area contributed by atoms with Crippen LogP contribution in [-0.2, 0) is 0 Å². The quantitative estimate of drug-likeness (QED) is 0.863. The number of rotatable bonds is 4. The second kappa shape index (κ2) is 4.87. The van der Waals surface area contributed by atoms with Crippen LogP contribution in [0.25, 0.3) is 0 Å². The number of aromatic amines is 1. The normalized spacial score (nSPS) is 14.4. The Morgan fingerprint density at radius 3 is 2.88 bits per heavy atom. The van der Waals surface area contributed by atoms with Crippen LogP contribution in [0.1, 0.15) is 23.2 Å². The number of amides is 1. The van der Waals surface area contributed by atoms with Crippen LogP contribution in [-0.4, -0.2) is 28.4 Å². The molecule has 0 saturated heterocycles. The molecular formula is C12H13BrN2O2. The lowest BCUT2D eigenvalue weighted by molar-refractivity contribution is 0.0761. The summed E-state index contributed by atoms with van der Waals surface area (Å²) in [7, 11) is 0. The fourth-order valence-electron chi connectivity index (χ4n) is 1.69. The maximum Gasteiger partial charge on any atom is 0.259 e. The van der Waals surface area contributed by atoms with Crippen molar-refractivity contribution in [2.24, 2.45) is 0 Å². The van der Waals surface area contributed by atoms with E-state index in [0.29, 0.717) is 11.0 Å². The zero-order valence-corrected chi connectivity index (χ0v) is 10.9. The van der Waals surface area contributed by atoms with Gasteiger partial charge in [-0.05, 0) is 28.8 Å². The van der Waals surface area contributed by atoms with Crippen LogP contribution in [0.2, 0.25) is 0 Å². The van der Waals surface area contributed by atoms with E-state index in [2.05, 4.69) is 27.5 Å². The second-order valence-corrected chi connectivity index (χ2v) is 4.88. The number of aromatic nitrogens is 1. The number of pyridine rings is 1. The van der Waals surface area contributed by atoms with Crippen molar-refractivity contribution in [3.63, 3.8) is 0 Å². The maximum absolute atomic E-state index is 12.2. The highest BCUT2D eigenvalue weighted by Crippen LogP contribution is 2.27. The van der Waals surface area contributed by atoms with E-state index in [4.69, 9.17) is 0 Å². The Hall–Kier alpha value is -1.36. The minimum atomic E-state index is -0.275. The van der Waals surface area contributed by atoms with Crippen molar-refractivity contribution in [2.45, 2.75) is 18.9 Å². The number of nitrogens with zero attached hydrogens (tertiary/aromatic N) is 1. The molecule has 17 heavy (non-hydrogen) atoms. The summed E-state index contributed by atoms with van der Waals surface area (Å²) in [5.41, 5.74) is -0.100. The van der Waals surface area contributed by atoms with Gasteiger partial charge in [0.15, 0.2) is 0 Å². The summed E-state index contributed by atoms with van der Waals surface area (Å²) in [6.07, 6.45) is 6.67. The number of halogens is 1. The lowest BCUT2D eigenvalue weighted by Crippen LogP contribution is -2.36. The van der Waals surface area contributed by atoms with Gasteiger partial charge in [-0.2, -0.15) is 0 Å². The van der Waals surface area contributed by atoms with Gasteiger partial charge in [-0.3, -0.25) is 9.59 Å². The molecule has 4 nitrogen and oxygen atoms in total. The summed E-state index contributed by atoms with van der Waals surface area (Å²) in [6.45, 7) is 4.12. The molecule has 1 amide bonds. The molecule has 1 fully saturated rings. The minimum Gasteiger partial charge on any atom is -0.366 e. The van der Waals surface area contributed by atoms with Gasteiger partial charge in [0.2, 0.25) is 5.43 Å². The first-order valence-electron chi connectivity index (χ1n) is 5.43. The third kappa shape index (κ3) is 2.49. The van der Waals surface area contributed by atoms with Gasteiger partial charge in [0, 0.05) is 25.0 Å². The van der Waals surface area contributed by atoms with Crippen LogP contribution >= 0.6 is 15.9 Å². The molecule has 1 heterocycles. The van der Waals surface area contributed by atoms with E-state index >= 15 is 0 Å². The Morgan fingerprint density at radius 2 is 2.29 bits per heavy atom. The van der Waals surface area contributed by atoms with Gasteiger partial charge in [0.05, 0.1) is 4.47 Å². The van der Waals surface area contributed by atoms with Crippen LogP contribution < -0.4 is 5.43 Å². The Morgan fingerprint density at radius 1 is 1.59 bits per heavy atom. The van der Waals surface area contributed by atoms with E-state index in [1.54, 1.807) is 11.0 Å². The van der Waals surface area contributed by atoms with Crippen molar-refractivity contribution in [3.05, 3.63) is 45.3 Å². The third-order valence-corrected chi connectivity index (χ3v) is 3.29. The zero-order valence-electron chi connectivity index (χ0n) is 9.28. The Balaban J connectivity index is 2.31. The lowest BCUT2D eigenvalue weighted by atomic mass is 10.2. The van der Waals surface area contributed by atoms with Gasteiger partial charge in [-0.1, -0.05) is 6.08 Å². The van der Waals surface area contributed by atoms with Crippen molar-refractivity contribution >= 4 is 21.8 Å². The SMILES string of the molecule is C=CCN(C(=O)c1c[nH]cc(Br)c1=O)C1CC1. The van der Waals surface area contributed by atoms with Gasteiger partial charge in [-0.25, -0.2) is 0 Å². The summed E-state index contributed by atoms with van der Waals surface area (Å²) in [6, 6.07) is 0.263. The van der Waals surface area contributed by atoms with E-state index in [1.165, 1.54) is 12.4 Å². The molecule has 0 atom stereocenters. The third-order valence-electron chi connectivity index (χ3n) is 2.70. The average Bonchev–Trinajstić information content (AvgIpc) is 3.13. The fraction of sp³-hybridized carbons (Fsp3) is 0.333. The van der Waals surface area contributed by atoms with E-state index in [-0.39, 0.29) is 22.9 Å². The number of hydrogen-bond acceptors (Lipinski definition) is 2. The molecule has 1 saturated carbocycles. The first-order chi connectivity index (χ1) is 8.15. The first-order valence-corrected chi connectivity index (χ1v) is 6.23. The Kier molecular flexibility index (Phi) is 3.47. The molecule has 5 heteroatoms. The molecule has 1 N–H and O–H groups in total. The molecule has 0 unspecified atom stereocenters. The predicted octanol–water partition coefficient (Wildman–Crippen LogP) is 1.93. The monoisotopic (exact) mass is 296 g/mol. The summed E-state index contributed by atoms with van der Waals surface area (Å²) in [5, 5.41) is 0. The fourth-order valence-corrected chi connectivity index (χ4v) is 2.04. The topological polar surface area (TPSA) is 53.2 Å². The number of hydrogen-bond donors (Lipinski definition) is 1. The van der Waals surface area contributed by atoms with Crippen LogP contribution in [0, 0.1) is 0 Å². The van der Waals surface area contributed by atoms with Gasteiger partial charge in [-0.15, -0.1) is 6.58 Å². The summed E-state index contributed by atoms with van der Waals surface area (Å²) in [4.78, 5) is 28.5. The highest BCUT2D eigenvalue weighted by atomic mass is 79.9. The van der Waals surface area contributed by atoms with E-state index in [1.807, 2.05) is 0 Å². The Bertz CT molecular complexity index is 505. The molecule has 1 aliphatic rings. The van der Waals surface area contributed by atoms with E-state index in [9.17, 15) is 9.59 Å². The number of carbonyl (C=O) groups is 1. The van der Waals surface area contributed by atoms with E-state index < -0.39 is 0 Å². The van der Waals surface area contributed by atoms with Crippen LogP contribution in [0.5, 0.6) is 0 Å². The van der Waals surface area contributed by atoms with E-state index in [0.717, 1.165) is 12.8 Å². The summed E-state index contributed by atoms with van der Waals surface area (Å²) in [5.74, 6) is -0.227. The molecule has 1 aromatic rings. The molecule has 0 aliphatic heterocycles. The molecule has 1 aliphatic carbocycles. The average molecular weight is 297 g/mol. The molecule has 0 spiro atoms. The summed E-state index contributed by atoms with van der Waals surface area (Å²) < 4.78 is 0.373. The molecule has 1 aromatic heterocycles. The molecule has 2 rings (SSSR count). The van der Waals surface area contributed by atoms with Crippen LogP contribution in [0.15, 0.2) is 34.3 Å². The predicted molar refractivity (Wildman–Crippen MR) is 69.0 cm³/mol. The smallest absolute Gasteiger partial charge is 0.259 e. The molecule has 0 aromatic carbocycles. The van der Waals surface area contributed by atoms with Gasteiger partial charge in [0.25, 0.3) is 5.91 Å². The number of carbonyl (C=O) groups excluding carboxylic acids is 1. The van der Waals surface area contributed by atoms with Crippen molar-refractivity contribution in [2.75, 3.05) is 6.54 Å². The molecule has 0 radical (unpaired) electrons. The number of H-pyrrole nitrogens is 1. The maximum atomic E-state index is 12.2. The van der Waals surface area contributed by atoms with Crippen molar-refractivity contribution in [1.29, 1.82) is 0 Å². The highest BCUT2D eigenvalue weighted by molar-refractivity contribution is 9.10. The minimum absolute atomic E-state index is 0.174. The van der Waals surface area contributed by atoms with Gasteiger partial charge < -0.3 is 9.88 Å². The first kappa shape index (κ1) is 12.1. The molecule has 0 bridgehead atoms. The van der Waals surface area contributed by atoms with Crippen LogP contribution in [0.4, 0.5) is 0 Å². The number of nitrogens with one attached hydrogen (secondary N) is 1. The molecular weight excluding hydrogens is 284 g/mol. The highest BCUT2D eigenvalue weighted by Gasteiger charge is 2.33. The van der Waals surface area contributed by atoms with Crippen molar-refractivity contribution < 1.29 is 4.79 Å². The Labute approximate surface area is 107 Å². The zero-order chi connectivity index (χ0) is 12.4. The summed E-state index contributed by atoms with van der Waals surface area (Å²) >= 11 is 3.12.